The van der Waals surface area contributed by atoms with E-state index in [-0.39, 0.29) is 18.4 Å². The van der Waals surface area contributed by atoms with Gasteiger partial charge in [-0.15, -0.1) is 12.4 Å². The second kappa shape index (κ2) is 5.73. The lowest BCUT2D eigenvalue weighted by atomic mass is 10.1. The molecular weight excluding hydrogens is 312 g/mol. The molecule has 2 heterocycles. The molecule has 4 aromatic rings. The van der Waals surface area contributed by atoms with Crippen molar-refractivity contribution in [3.63, 3.8) is 0 Å². The van der Waals surface area contributed by atoms with Gasteiger partial charge in [-0.25, -0.2) is 4.98 Å². The Balaban J connectivity index is 0.00000156. The molecule has 0 saturated heterocycles. The number of fused-ring (bicyclic) bond motifs is 3. The van der Waals surface area contributed by atoms with Crippen LogP contribution in [-0.4, -0.2) is 19.7 Å². The average molecular weight is 327 g/mol. The largest absolute Gasteiger partial charge is 0.383 e. The lowest BCUT2D eigenvalue weighted by Crippen LogP contribution is -2.00. The fourth-order valence-electron chi connectivity index (χ4n) is 2.67. The molecule has 116 valence electrons. The predicted octanol–water partition coefficient (Wildman–Crippen LogP) is 2.61. The SMILES string of the molecule is Cl.Nc1nc(N)c2c(ccc3nn(Cc4ccccc4)cc32)n1. The second-order valence-electron chi connectivity index (χ2n) is 5.17. The summed E-state index contributed by atoms with van der Waals surface area (Å²) in [5.74, 6) is 0.563. The highest BCUT2D eigenvalue weighted by Crippen LogP contribution is 2.27. The van der Waals surface area contributed by atoms with Crippen LogP contribution in [-0.2, 0) is 6.54 Å². The Morgan fingerprint density at radius 3 is 2.43 bits per heavy atom. The number of rotatable bonds is 2. The van der Waals surface area contributed by atoms with Crippen molar-refractivity contribution in [3.8, 4) is 0 Å². The van der Waals surface area contributed by atoms with Crippen LogP contribution in [0.25, 0.3) is 21.8 Å². The molecule has 2 aromatic carbocycles. The molecule has 4 rings (SSSR count). The van der Waals surface area contributed by atoms with Gasteiger partial charge in [0.05, 0.1) is 23.0 Å². The molecule has 0 spiro atoms. The third-order valence-electron chi connectivity index (χ3n) is 3.63. The molecular formula is C16H15ClN6. The van der Waals surface area contributed by atoms with E-state index >= 15 is 0 Å². The van der Waals surface area contributed by atoms with E-state index in [1.54, 1.807) is 0 Å². The second-order valence-corrected chi connectivity index (χ2v) is 5.17. The van der Waals surface area contributed by atoms with Crippen molar-refractivity contribution in [2.24, 2.45) is 0 Å². The molecule has 0 aliphatic heterocycles. The summed E-state index contributed by atoms with van der Waals surface area (Å²) in [6.45, 7) is 0.701. The number of anilines is 2. The first-order valence-electron chi connectivity index (χ1n) is 6.93. The Kier molecular flexibility index (Phi) is 3.75. The molecule has 2 aromatic heterocycles. The Morgan fingerprint density at radius 2 is 1.65 bits per heavy atom. The maximum absolute atomic E-state index is 6.02. The Bertz CT molecular complexity index is 980. The fraction of sp³-hybridized carbons (Fsp3) is 0.0625. The van der Waals surface area contributed by atoms with E-state index in [0.717, 1.165) is 21.8 Å². The van der Waals surface area contributed by atoms with Crippen molar-refractivity contribution >= 4 is 46.0 Å². The number of halogens is 1. The van der Waals surface area contributed by atoms with E-state index < -0.39 is 0 Å². The molecule has 7 heteroatoms. The van der Waals surface area contributed by atoms with Crippen molar-refractivity contribution in [2.45, 2.75) is 6.54 Å². The van der Waals surface area contributed by atoms with E-state index in [2.05, 4.69) is 27.2 Å². The van der Waals surface area contributed by atoms with Crippen molar-refractivity contribution in [3.05, 3.63) is 54.2 Å². The van der Waals surface area contributed by atoms with Crippen molar-refractivity contribution in [2.75, 3.05) is 11.5 Å². The molecule has 4 N–H and O–H groups in total. The average Bonchev–Trinajstić information content (AvgIpc) is 2.89. The zero-order valence-corrected chi connectivity index (χ0v) is 13.0. The topological polar surface area (TPSA) is 95.6 Å². The summed E-state index contributed by atoms with van der Waals surface area (Å²) in [4.78, 5) is 8.28. The number of nitrogen functional groups attached to an aromatic ring is 2. The van der Waals surface area contributed by atoms with E-state index in [1.807, 2.05) is 41.2 Å². The molecule has 0 amide bonds. The molecule has 0 aliphatic rings. The van der Waals surface area contributed by atoms with Crippen LogP contribution in [0.2, 0.25) is 0 Å². The monoisotopic (exact) mass is 326 g/mol. The van der Waals surface area contributed by atoms with Crippen LogP contribution >= 0.6 is 12.4 Å². The molecule has 0 fully saturated rings. The molecule has 0 radical (unpaired) electrons. The zero-order chi connectivity index (χ0) is 15.1. The quantitative estimate of drug-likeness (QED) is 0.590. The minimum atomic E-state index is 0. The smallest absolute Gasteiger partial charge is 0.222 e. The molecule has 0 saturated carbocycles. The first kappa shape index (κ1) is 15.1. The zero-order valence-electron chi connectivity index (χ0n) is 12.2. The van der Waals surface area contributed by atoms with Gasteiger partial charge in [0.1, 0.15) is 5.82 Å². The number of nitrogens with zero attached hydrogens (tertiary/aromatic N) is 4. The van der Waals surface area contributed by atoms with Gasteiger partial charge in [-0.1, -0.05) is 30.3 Å². The lowest BCUT2D eigenvalue weighted by Gasteiger charge is -2.02. The standard InChI is InChI=1S/C16H14N6.ClH/c17-15-14-11-9-22(8-10-4-2-1-3-5-10)21-12(11)6-7-13(14)19-16(18)20-15;/h1-7,9H,8H2,(H4,17,18,19,20);1H. The maximum Gasteiger partial charge on any atom is 0.222 e. The van der Waals surface area contributed by atoms with Gasteiger partial charge in [0.2, 0.25) is 5.95 Å². The van der Waals surface area contributed by atoms with E-state index in [1.165, 1.54) is 5.56 Å². The van der Waals surface area contributed by atoms with Crippen molar-refractivity contribution < 1.29 is 0 Å². The summed E-state index contributed by atoms with van der Waals surface area (Å²) in [5, 5.41) is 6.33. The highest BCUT2D eigenvalue weighted by atomic mass is 35.5. The Labute approximate surface area is 138 Å². The van der Waals surface area contributed by atoms with Gasteiger partial charge in [-0.2, -0.15) is 10.1 Å². The summed E-state index contributed by atoms with van der Waals surface area (Å²) in [7, 11) is 0. The highest BCUT2D eigenvalue weighted by Gasteiger charge is 2.11. The van der Waals surface area contributed by atoms with Gasteiger partial charge in [-0.05, 0) is 17.7 Å². The van der Waals surface area contributed by atoms with Crippen molar-refractivity contribution in [1.29, 1.82) is 0 Å². The maximum atomic E-state index is 6.02. The molecule has 23 heavy (non-hydrogen) atoms. The lowest BCUT2D eigenvalue weighted by molar-refractivity contribution is 0.696. The van der Waals surface area contributed by atoms with Gasteiger partial charge in [0.25, 0.3) is 0 Å². The Hall–Kier alpha value is -2.86. The minimum Gasteiger partial charge on any atom is -0.383 e. The summed E-state index contributed by atoms with van der Waals surface area (Å²) in [6, 6.07) is 14.0. The first-order chi connectivity index (χ1) is 10.7. The van der Waals surface area contributed by atoms with Crippen LogP contribution in [0.5, 0.6) is 0 Å². The molecule has 0 bridgehead atoms. The van der Waals surface area contributed by atoms with Gasteiger partial charge in [0.15, 0.2) is 0 Å². The number of nitrogens with two attached hydrogens (primary N) is 2. The van der Waals surface area contributed by atoms with Crippen LogP contribution in [0, 0.1) is 0 Å². The third-order valence-corrected chi connectivity index (χ3v) is 3.63. The van der Waals surface area contributed by atoms with E-state index in [4.69, 9.17) is 11.5 Å². The van der Waals surface area contributed by atoms with Crippen LogP contribution < -0.4 is 11.5 Å². The number of hydrogen-bond acceptors (Lipinski definition) is 5. The number of aromatic nitrogens is 4. The molecule has 0 unspecified atom stereocenters. The normalized spacial score (nSPS) is 10.8. The highest BCUT2D eigenvalue weighted by molar-refractivity contribution is 6.09. The minimum absolute atomic E-state index is 0. The molecule has 0 atom stereocenters. The van der Waals surface area contributed by atoms with E-state index in [0.29, 0.717) is 12.4 Å². The number of benzene rings is 2. The summed E-state index contributed by atoms with van der Waals surface area (Å²) in [5.41, 5.74) is 14.5. The van der Waals surface area contributed by atoms with Gasteiger partial charge >= 0.3 is 0 Å². The predicted molar refractivity (Wildman–Crippen MR) is 94.4 cm³/mol. The number of hydrogen-bond donors (Lipinski definition) is 2. The van der Waals surface area contributed by atoms with Crippen LogP contribution in [0.4, 0.5) is 11.8 Å². The Morgan fingerprint density at radius 1 is 0.913 bits per heavy atom. The fourth-order valence-corrected chi connectivity index (χ4v) is 2.67. The third kappa shape index (κ3) is 2.64. The van der Waals surface area contributed by atoms with Gasteiger partial charge < -0.3 is 11.5 Å². The summed E-state index contributed by atoms with van der Waals surface area (Å²) >= 11 is 0. The van der Waals surface area contributed by atoms with Gasteiger partial charge in [0, 0.05) is 11.6 Å². The van der Waals surface area contributed by atoms with Crippen molar-refractivity contribution in [1.82, 2.24) is 19.7 Å². The summed E-state index contributed by atoms with van der Waals surface area (Å²) < 4.78 is 1.90. The van der Waals surface area contributed by atoms with E-state index in [9.17, 15) is 0 Å². The van der Waals surface area contributed by atoms with Gasteiger partial charge in [-0.3, -0.25) is 4.68 Å². The van der Waals surface area contributed by atoms with Crippen LogP contribution in [0.15, 0.2) is 48.7 Å². The summed E-state index contributed by atoms with van der Waals surface area (Å²) in [6.07, 6.45) is 1.97. The first-order valence-corrected chi connectivity index (χ1v) is 6.93. The molecule has 0 aliphatic carbocycles. The van der Waals surface area contributed by atoms with Crippen LogP contribution in [0.3, 0.4) is 0 Å². The van der Waals surface area contributed by atoms with Crippen LogP contribution in [0.1, 0.15) is 5.56 Å². The molecule has 6 nitrogen and oxygen atoms in total.